The highest BCUT2D eigenvalue weighted by atomic mass is 16.5. The number of alkyl carbamates (subject to hydrolysis) is 1. The molecule has 1 aliphatic carbocycles. The monoisotopic (exact) mass is 478 g/mol. The predicted octanol–water partition coefficient (Wildman–Crippen LogP) is 4.65. The van der Waals surface area contributed by atoms with Gasteiger partial charge in [0.05, 0.1) is 5.92 Å². The molecule has 2 aliphatic rings. The van der Waals surface area contributed by atoms with Gasteiger partial charge in [0.1, 0.15) is 12.6 Å². The van der Waals surface area contributed by atoms with E-state index in [4.69, 9.17) is 4.74 Å². The summed E-state index contributed by atoms with van der Waals surface area (Å²) in [5, 5.41) is 12.2. The molecule has 2 amide bonds. The minimum Gasteiger partial charge on any atom is -0.481 e. The maximum absolute atomic E-state index is 13.3. The molecule has 1 saturated heterocycles. The number of rotatable bonds is 8. The van der Waals surface area contributed by atoms with Crippen LogP contribution in [0.15, 0.2) is 48.5 Å². The molecule has 4 rings (SSSR count). The van der Waals surface area contributed by atoms with E-state index in [1.165, 1.54) is 0 Å². The lowest BCUT2D eigenvalue weighted by Crippen LogP contribution is -2.53. The Morgan fingerprint density at radius 2 is 1.69 bits per heavy atom. The quantitative estimate of drug-likeness (QED) is 0.576. The zero-order valence-electron chi connectivity index (χ0n) is 20.4. The van der Waals surface area contributed by atoms with Crippen molar-refractivity contribution >= 4 is 18.0 Å². The van der Waals surface area contributed by atoms with Gasteiger partial charge >= 0.3 is 12.1 Å². The Balaban J connectivity index is 1.42. The van der Waals surface area contributed by atoms with Crippen LogP contribution in [0, 0.1) is 11.8 Å². The molecule has 0 aromatic heterocycles. The second kappa shape index (κ2) is 10.9. The Kier molecular flexibility index (Phi) is 7.73. The Labute approximate surface area is 206 Å². The highest BCUT2D eigenvalue weighted by Crippen LogP contribution is 2.44. The van der Waals surface area contributed by atoms with Crippen LogP contribution >= 0.6 is 0 Å². The van der Waals surface area contributed by atoms with Crippen molar-refractivity contribution in [2.24, 2.45) is 11.8 Å². The van der Waals surface area contributed by atoms with E-state index in [1.807, 2.05) is 38.1 Å². The first-order valence-corrected chi connectivity index (χ1v) is 12.5. The van der Waals surface area contributed by atoms with E-state index in [-0.39, 0.29) is 30.9 Å². The molecule has 2 aromatic rings. The largest absolute Gasteiger partial charge is 0.481 e. The fourth-order valence-electron chi connectivity index (χ4n) is 5.38. The third-order valence-electron chi connectivity index (χ3n) is 7.10. The van der Waals surface area contributed by atoms with Crippen LogP contribution in [0.2, 0.25) is 0 Å². The normalized spacial score (nSPS) is 20.0. The number of nitrogens with zero attached hydrogens (tertiary/aromatic N) is 1. The molecule has 2 aromatic carbocycles. The summed E-state index contributed by atoms with van der Waals surface area (Å²) in [5.74, 6) is -1.66. The van der Waals surface area contributed by atoms with Gasteiger partial charge in [0.2, 0.25) is 5.91 Å². The van der Waals surface area contributed by atoms with Gasteiger partial charge in [-0.05, 0) is 41.0 Å². The van der Waals surface area contributed by atoms with Crippen molar-refractivity contribution < 1.29 is 24.2 Å². The number of fused-ring (bicyclic) bond motifs is 3. The lowest BCUT2D eigenvalue weighted by atomic mass is 9.90. The minimum atomic E-state index is -0.885. The highest BCUT2D eigenvalue weighted by molar-refractivity contribution is 5.86. The van der Waals surface area contributed by atoms with E-state index >= 15 is 0 Å². The Morgan fingerprint density at radius 3 is 2.29 bits per heavy atom. The molecule has 1 heterocycles. The van der Waals surface area contributed by atoms with Crippen molar-refractivity contribution in [1.82, 2.24) is 10.2 Å². The van der Waals surface area contributed by atoms with Gasteiger partial charge < -0.3 is 20.1 Å². The van der Waals surface area contributed by atoms with E-state index in [0.717, 1.165) is 35.1 Å². The molecule has 0 spiro atoms. The number of carbonyl (C=O) groups excluding carboxylic acids is 2. The molecular weight excluding hydrogens is 444 g/mol. The van der Waals surface area contributed by atoms with Gasteiger partial charge in [0.15, 0.2) is 0 Å². The fraction of sp³-hybridized carbons (Fsp3) is 0.464. The molecule has 2 unspecified atom stereocenters. The van der Waals surface area contributed by atoms with Crippen molar-refractivity contribution in [2.75, 3.05) is 19.7 Å². The van der Waals surface area contributed by atoms with E-state index in [0.29, 0.717) is 19.4 Å². The van der Waals surface area contributed by atoms with Crippen LogP contribution in [-0.2, 0) is 14.3 Å². The standard InChI is InChI=1S/C28H34N2O5/c1-3-4-13-25(26(31)30-15-18(2)14-19(16-30)27(32)33)29-28(34)35-17-24-22-11-7-5-9-20(22)21-10-6-8-12-23(21)24/h5-12,18-19,24-25H,3-4,13-17H2,1-2H3,(H,29,34)(H,32,33)/t18?,19?,25-/m0/s1. The van der Waals surface area contributed by atoms with E-state index in [1.54, 1.807) is 4.90 Å². The number of aliphatic carboxylic acids is 1. The van der Waals surface area contributed by atoms with Gasteiger partial charge in [-0.25, -0.2) is 4.79 Å². The molecule has 0 saturated carbocycles. The molecule has 1 fully saturated rings. The van der Waals surface area contributed by atoms with Crippen molar-refractivity contribution in [2.45, 2.75) is 51.5 Å². The molecule has 186 valence electrons. The maximum atomic E-state index is 13.3. The molecule has 3 atom stereocenters. The van der Waals surface area contributed by atoms with Gasteiger partial charge in [-0.1, -0.05) is 75.2 Å². The third-order valence-corrected chi connectivity index (χ3v) is 7.10. The van der Waals surface area contributed by atoms with Crippen LogP contribution in [0.4, 0.5) is 4.79 Å². The number of carboxylic acids is 1. The molecule has 2 N–H and O–H groups in total. The van der Waals surface area contributed by atoms with Crippen LogP contribution < -0.4 is 5.32 Å². The minimum absolute atomic E-state index is 0.0581. The second-order valence-electron chi connectivity index (χ2n) is 9.78. The zero-order chi connectivity index (χ0) is 24.9. The van der Waals surface area contributed by atoms with Crippen molar-refractivity contribution in [1.29, 1.82) is 0 Å². The van der Waals surface area contributed by atoms with Crippen molar-refractivity contribution in [3.8, 4) is 11.1 Å². The van der Waals surface area contributed by atoms with Gasteiger partial charge in [-0.3, -0.25) is 9.59 Å². The average Bonchev–Trinajstić information content (AvgIpc) is 3.18. The first-order chi connectivity index (χ1) is 16.9. The number of benzene rings is 2. The van der Waals surface area contributed by atoms with Gasteiger partial charge in [-0.2, -0.15) is 0 Å². The van der Waals surface area contributed by atoms with Crippen molar-refractivity contribution in [3.63, 3.8) is 0 Å². The summed E-state index contributed by atoms with van der Waals surface area (Å²) in [6, 6.07) is 15.5. The summed E-state index contributed by atoms with van der Waals surface area (Å²) >= 11 is 0. The van der Waals surface area contributed by atoms with Gasteiger partial charge in [-0.15, -0.1) is 0 Å². The number of hydrogen-bond donors (Lipinski definition) is 2. The van der Waals surface area contributed by atoms with E-state index < -0.39 is 24.0 Å². The summed E-state index contributed by atoms with van der Waals surface area (Å²) in [5.41, 5.74) is 4.56. The van der Waals surface area contributed by atoms with Crippen molar-refractivity contribution in [3.05, 3.63) is 59.7 Å². The third kappa shape index (κ3) is 5.50. The van der Waals surface area contributed by atoms with Crippen LogP contribution in [0.25, 0.3) is 11.1 Å². The number of carboxylic acid groups (broad SMARTS) is 1. The van der Waals surface area contributed by atoms with Crippen LogP contribution in [-0.4, -0.2) is 53.7 Å². The molecule has 0 radical (unpaired) electrons. The summed E-state index contributed by atoms with van der Waals surface area (Å²) in [4.78, 5) is 39.3. The Hall–Kier alpha value is -3.35. The van der Waals surface area contributed by atoms with Crippen LogP contribution in [0.3, 0.4) is 0 Å². The number of likely N-dealkylation sites (tertiary alicyclic amines) is 1. The lowest BCUT2D eigenvalue weighted by molar-refractivity contribution is -0.147. The number of ether oxygens (including phenoxy) is 1. The number of nitrogens with one attached hydrogen (secondary N) is 1. The number of piperidine rings is 1. The van der Waals surface area contributed by atoms with Gasteiger partial charge in [0.25, 0.3) is 0 Å². The lowest BCUT2D eigenvalue weighted by Gasteiger charge is -2.36. The molecule has 7 heteroatoms. The van der Waals surface area contributed by atoms with Crippen LogP contribution in [0.5, 0.6) is 0 Å². The summed E-state index contributed by atoms with van der Waals surface area (Å²) in [7, 11) is 0. The summed E-state index contributed by atoms with van der Waals surface area (Å²) in [6.45, 7) is 4.83. The maximum Gasteiger partial charge on any atom is 0.407 e. The van der Waals surface area contributed by atoms with Crippen LogP contribution in [0.1, 0.15) is 56.6 Å². The smallest absolute Gasteiger partial charge is 0.407 e. The SMILES string of the molecule is CCCC[C@H](NC(=O)OCC1c2ccccc2-c2ccccc21)C(=O)N1CC(C)CC(C(=O)O)C1. The molecular formula is C28H34N2O5. The molecule has 0 bridgehead atoms. The Morgan fingerprint density at radius 1 is 1.06 bits per heavy atom. The molecule has 1 aliphatic heterocycles. The fourth-order valence-corrected chi connectivity index (χ4v) is 5.38. The molecule has 7 nitrogen and oxygen atoms in total. The number of amides is 2. The first-order valence-electron chi connectivity index (χ1n) is 12.5. The predicted molar refractivity (Wildman–Crippen MR) is 133 cm³/mol. The average molecular weight is 479 g/mol. The zero-order valence-corrected chi connectivity index (χ0v) is 20.4. The van der Waals surface area contributed by atoms with E-state index in [2.05, 4.69) is 29.6 Å². The number of carbonyl (C=O) groups is 3. The molecule has 35 heavy (non-hydrogen) atoms. The summed E-state index contributed by atoms with van der Waals surface area (Å²) in [6.07, 6.45) is 2.07. The topological polar surface area (TPSA) is 95.9 Å². The summed E-state index contributed by atoms with van der Waals surface area (Å²) < 4.78 is 5.65. The second-order valence-corrected chi connectivity index (χ2v) is 9.78. The highest BCUT2D eigenvalue weighted by Gasteiger charge is 2.35. The van der Waals surface area contributed by atoms with E-state index in [9.17, 15) is 19.5 Å². The Bertz CT molecular complexity index is 1040. The van der Waals surface area contributed by atoms with Gasteiger partial charge in [0, 0.05) is 19.0 Å². The number of unbranched alkanes of at least 4 members (excludes halogenated alkanes) is 1. The first kappa shape index (κ1) is 24.8. The number of hydrogen-bond acceptors (Lipinski definition) is 4.